The van der Waals surface area contributed by atoms with Gasteiger partial charge < -0.3 is 5.32 Å². The molecule has 21 heavy (non-hydrogen) atoms. The highest BCUT2D eigenvalue weighted by Gasteiger charge is 2.13. The zero-order valence-corrected chi connectivity index (χ0v) is 14.0. The Bertz CT molecular complexity index is 579. The lowest BCUT2D eigenvalue weighted by Crippen LogP contribution is -2.32. The number of carbonyl (C=O) groups excluding carboxylic acids is 1. The van der Waals surface area contributed by atoms with Crippen molar-refractivity contribution >= 4 is 15.7 Å². The van der Waals surface area contributed by atoms with E-state index in [2.05, 4.69) is 19.2 Å². The predicted octanol–water partition coefficient (Wildman–Crippen LogP) is 3.03. The first-order valence-electron chi connectivity index (χ1n) is 7.31. The highest BCUT2D eigenvalue weighted by molar-refractivity contribution is 7.90. The number of hydrogen-bond acceptors (Lipinski definition) is 3. The maximum absolute atomic E-state index is 12.1. The number of amides is 1. The molecule has 1 rings (SSSR count). The monoisotopic (exact) mass is 311 g/mol. The third kappa shape index (κ3) is 6.29. The Balaban J connectivity index is 2.63. The summed E-state index contributed by atoms with van der Waals surface area (Å²) in [5, 5.41) is 2.91. The zero-order chi connectivity index (χ0) is 16.0. The van der Waals surface area contributed by atoms with Crippen LogP contribution in [-0.4, -0.2) is 26.6 Å². The van der Waals surface area contributed by atoms with E-state index in [1.807, 2.05) is 6.92 Å². The molecule has 0 aliphatic heterocycles. The molecule has 0 saturated heterocycles. The standard InChI is InChI=1S/C16H25NO3S/c1-12(2)7-5-8-13(3)17-16(18)14-9-6-10-15(11-14)21(4,19)20/h6,9-13H,5,7-8H2,1-4H3,(H,17,18). The molecule has 118 valence electrons. The van der Waals surface area contributed by atoms with Crippen molar-refractivity contribution in [1.29, 1.82) is 0 Å². The molecule has 0 spiro atoms. The molecule has 0 aliphatic rings. The molecule has 1 aromatic carbocycles. The molecular weight excluding hydrogens is 286 g/mol. The number of benzene rings is 1. The van der Waals surface area contributed by atoms with Crippen molar-refractivity contribution in [3.8, 4) is 0 Å². The third-order valence-corrected chi connectivity index (χ3v) is 4.43. The maximum atomic E-state index is 12.1. The van der Waals surface area contributed by atoms with Gasteiger partial charge in [-0.05, 0) is 37.5 Å². The van der Waals surface area contributed by atoms with Gasteiger partial charge in [0.15, 0.2) is 9.84 Å². The smallest absolute Gasteiger partial charge is 0.251 e. The van der Waals surface area contributed by atoms with Gasteiger partial charge in [-0.15, -0.1) is 0 Å². The van der Waals surface area contributed by atoms with Gasteiger partial charge in [0.1, 0.15) is 0 Å². The van der Waals surface area contributed by atoms with Gasteiger partial charge in [0.25, 0.3) is 5.91 Å². The van der Waals surface area contributed by atoms with Crippen molar-refractivity contribution in [1.82, 2.24) is 5.32 Å². The van der Waals surface area contributed by atoms with Gasteiger partial charge in [0.05, 0.1) is 4.90 Å². The number of nitrogens with one attached hydrogen (secondary N) is 1. The van der Waals surface area contributed by atoms with Crippen molar-refractivity contribution in [2.75, 3.05) is 6.26 Å². The average Bonchev–Trinajstić information content (AvgIpc) is 2.37. The lowest BCUT2D eigenvalue weighted by Gasteiger charge is -2.14. The molecule has 5 heteroatoms. The molecule has 1 amide bonds. The summed E-state index contributed by atoms with van der Waals surface area (Å²) in [4.78, 5) is 12.3. The zero-order valence-electron chi connectivity index (χ0n) is 13.2. The molecule has 1 atom stereocenters. The summed E-state index contributed by atoms with van der Waals surface area (Å²) in [5.41, 5.74) is 0.383. The van der Waals surface area contributed by atoms with Crippen LogP contribution in [0.3, 0.4) is 0 Å². The summed E-state index contributed by atoms with van der Waals surface area (Å²) in [5.74, 6) is 0.442. The molecule has 0 bridgehead atoms. The summed E-state index contributed by atoms with van der Waals surface area (Å²) in [7, 11) is -3.29. The second kappa shape index (κ2) is 7.59. The Morgan fingerprint density at radius 3 is 2.43 bits per heavy atom. The largest absolute Gasteiger partial charge is 0.350 e. The molecule has 0 aromatic heterocycles. The Morgan fingerprint density at radius 1 is 1.19 bits per heavy atom. The van der Waals surface area contributed by atoms with Gasteiger partial charge in [0.2, 0.25) is 0 Å². The van der Waals surface area contributed by atoms with E-state index >= 15 is 0 Å². The summed E-state index contributed by atoms with van der Waals surface area (Å²) < 4.78 is 23.0. The molecule has 0 saturated carbocycles. The molecule has 1 aromatic rings. The summed E-state index contributed by atoms with van der Waals surface area (Å²) in [6, 6.07) is 6.22. The van der Waals surface area contributed by atoms with E-state index in [0.29, 0.717) is 11.5 Å². The van der Waals surface area contributed by atoms with E-state index in [1.165, 1.54) is 12.1 Å². The Morgan fingerprint density at radius 2 is 1.86 bits per heavy atom. The molecule has 1 unspecified atom stereocenters. The third-order valence-electron chi connectivity index (χ3n) is 3.32. The number of carbonyl (C=O) groups is 1. The molecule has 0 fully saturated rings. The molecule has 0 aliphatic carbocycles. The highest BCUT2D eigenvalue weighted by atomic mass is 32.2. The average molecular weight is 311 g/mol. The fourth-order valence-corrected chi connectivity index (χ4v) is 2.75. The van der Waals surface area contributed by atoms with Crippen LogP contribution >= 0.6 is 0 Å². The van der Waals surface area contributed by atoms with Gasteiger partial charge in [-0.3, -0.25) is 4.79 Å². The Kier molecular flexibility index (Phi) is 6.40. The molecule has 0 radical (unpaired) electrons. The van der Waals surface area contributed by atoms with Crippen molar-refractivity contribution in [3.05, 3.63) is 29.8 Å². The lowest BCUT2D eigenvalue weighted by atomic mass is 10.0. The van der Waals surface area contributed by atoms with E-state index in [-0.39, 0.29) is 16.8 Å². The second-order valence-corrected chi connectivity index (χ2v) is 8.01. The minimum atomic E-state index is -3.29. The fourth-order valence-electron chi connectivity index (χ4n) is 2.08. The van der Waals surface area contributed by atoms with Crippen LogP contribution in [0.1, 0.15) is 50.4 Å². The van der Waals surface area contributed by atoms with Crippen LogP contribution in [0.2, 0.25) is 0 Å². The van der Waals surface area contributed by atoms with E-state index in [4.69, 9.17) is 0 Å². The van der Waals surface area contributed by atoms with Gasteiger partial charge in [-0.25, -0.2) is 8.42 Å². The topological polar surface area (TPSA) is 63.2 Å². The first-order valence-corrected chi connectivity index (χ1v) is 9.20. The Labute approximate surface area is 127 Å². The predicted molar refractivity (Wildman–Crippen MR) is 85.2 cm³/mol. The van der Waals surface area contributed by atoms with Gasteiger partial charge in [0, 0.05) is 17.9 Å². The van der Waals surface area contributed by atoms with Crippen LogP contribution in [0.4, 0.5) is 0 Å². The van der Waals surface area contributed by atoms with E-state index < -0.39 is 9.84 Å². The van der Waals surface area contributed by atoms with Crippen molar-refractivity contribution in [2.24, 2.45) is 5.92 Å². The first kappa shape index (κ1) is 17.7. The van der Waals surface area contributed by atoms with E-state index in [1.54, 1.807) is 12.1 Å². The van der Waals surface area contributed by atoms with Crippen LogP contribution in [0.25, 0.3) is 0 Å². The van der Waals surface area contributed by atoms with E-state index in [0.717, 1.165) is 25.5 Å². The van der Waals surface area contributed by atoms with E-state index in [9.17, 15) is 13.2 Å². The van der Waals surface area contributed by atoms with Gasteiger partial charge >= 0.3 is 0 Å². The fraction of sp³-hybridized carbons (Fsp3) is 0.562. The summed E-state index contributed by atoms with van der Waals surface area (Å²) in [6.07, 6.45) is 4.28. The van der Waals surface area contributed by atoms with Crippen LogP contribution in [0, 0.1) is 5.92 Å². The van der Waals surface area contributed by atoms with Crippen molar-refractivity contribution in [2.45, 2.75) is 51.0 Å². The molecular formula is C16H25NO3S. The van der Waals surface area contributed by atoms with Crippen LogP contribution in [-0.2, 0) is 9.84 Å². The number of sulfone groups is 1. The van der Waals surface area contributed by atoms with Gasteiger partial charge in [-0.1, -0.05) is 32.8 Å². The molecule has 0 heterocycles. The molecule has 1 N–H and O–H groups in total. The first-order chi connectivity index (χ1) is 9.70. The van der Waals surface area contributed by atoms with Crippen molar-refractivity contribution < 1.29 is 13.2 Å². The van der Waals surface area contributed by atoms with Gasteiger partial charge in [-0.2, -0.15) is 0 Å². The summed E-state index contributed by atoms with van der Waals surface area (Å²) >= 11 is 0. The van der Waals surface area contributed by atoms with Crippen LogP contribution in [0.5, 0.6) is 0 Å². The minimum Gasteiger partial charge on any atom is -0.350 e. The van der Waals surface area contributed by atoms with Crippen LogP contribution in [0.15, 0.2) is 29.2 Å². The quantitative estimate of drug-likeness (QED) is 0.842. The number of hydrogen-bond donors (Lipinski definition) is 1. The van der Waals surface area contributed by atoms with Crippen molar-refractivity contribution in [3.63, 3.8) is 0 Å². The second-order valence-electron chi connectivity index (χ2n) is 6.00. The Hall–Kier alpha value is -1.36. The minimum absolute atomic E-state index is 0.0816. The summed E-state index contributed by atoms with van der Waals surface area (Å²) in [6.45, 7) is 6.33. The maximum Gasteiger partial charge on any atom is 0.251 e. The van der Waals surface area contributed by atoms with Crippen LogP contribution < -0.4 is 5.32 Å². The normalized spacial score (nSPS) is 13.2. The number of rotatable bonds is 7. The lowest BCUT2D eigenvalue weighted by molar-refractivity contribution is 0.0937. The SMILES string of the molecule is CC(C)CCCC(C)NC(=O)c1cccc(S(C)(=O)=O)c1. The molecule has 4 nitrogen and oxygen atoms in total. The highest BCUT2D eigenvalue weighted by Crippen LogP contribution is 2.12.